The van der Waals surface area contributed by atoms with Gasteiger partial charge in [0.1, 0.15) is 11.5 Å². The topological polar surface area (TPSA) is 52.6 Å². The van der Waals surface area contributed by atoms with Crippen molar-refractivity contribution in [3.63, 3.8) is 0 Å². The first kappa shape index (κ1) is 20.1. The summed E-state index contributed by atoms with van der Waals surface area (Å²) in [6, 6.07) is 15.5. The number of hydrogen-bond donors (Lipinski definition) is 0. The second kappa shape index (κ2) is 8.59. The molecule has 2 aromatic carbocycles. The summed E-state index contributed by atoms with van der Waals surface area (Å²) in [5, 5.41) is 0. The maximum Gasteiger partial charge on any atom is 0.338 e. The number of hydrogen-bond acceptors (Lipinski definition) is 4. The first-order chi connectivity index (χ1) is 13.5. The molecule has 1 aliphatic carbocycles. The average Bonchev–Trinajstić information content (AvgIpc) is 3.07. The number of carbonyl (C=O) groups is 2. The summed E-state index contributed by atoms with van der Waals surface area (Å²) in [6.07, 6.45) is 2.18. The molecule has 2 aromatic rings. The molecule has 0 amide bonds. The van der Waals surface area contributed by atoms with Crippen LogP contribution in [0.15, 0.2) is 48.5 Å². The van der Waals surface area contributed by atoms with Gasteiger partial charge in [0, 0.05) is 0 Å². The van der Waals surface area contributed by atoms with Crippen LogP contribution in [0.3, 0.4) is 0 Å². The van der Waals surface area contributed by atoms with Gasteiger partial charge in [-0.2, -0.15) is 0 Å². The highest BCUT2D eigenvalue weighted by Crippen LogP contribution is 2.44. The molecule has 0 radical (unpaired) electrons. The number of benzene rings is 2. The van der Waals surface area contributed by atoms with Gasteiger partial charge in [-0.1, -0.05) is 48.0 Å². The molecule has 4 heteroatoms. The Kier molecular flexibility index (Phi) is 6.18. The molecule has 0 saturated heterocycles. The lowest BCUT2D eigenvalue weighted by Gasteiger charge is -2.33. The first-order valence-electron chi connectivity index (χ1n) is 9.95. The van der Waals surface area contributed by atoms with E-state index in [1.54, 1.807) is 13.0 Å². The number of ether oxygens (including phenoxy) is 2. The maximum absolute atomic E-state index is 13.0. The Morgan fingerprint density at radius 3 is 2.46 bits per heavy atom. The third-order valence-electron chi connectivity index (χ3n) is 5.64. The second-order valence-corrected chi connectivity index (χ2v) is 7.64. The number of carbonyl (C=O) groups excluding carboxylic acids is 2. The molecule has 2 unspecified atom stereocenters. The van der Waals surface area contributed by atoms with Crippen molar-refractivity contribution in [2.45, 2.75) is 52.6 Å². The van der Waals surface area contributed by atoms with Crippen molar-refractivity contribution in [1.82, 2.24) is 0 Å². The monoisotopic (exact) mass is 380 g/mol. The smallest absolute Gasteiger partial charge is 0.338 e. The summed E-state index contributed by atoms with van der Waals surface area (Å²) in [7, 11) is 0. The number of rotatable bonds is 6. The van der Waals surface area contributed by atoms with Gasteiger partial charge < -0.3 is 9.47 Å². The molecule has 148 valence electrons. The Morgan fingerprint density at radius 1 is 1.07 bits per heavy atom. The minimum Gasteiger partial charge on any atom is -0.465 e. The van der Waals surface area contributed by atoms with Crippen molar-refractivity contribution in [3.8, 4) is 0 Å². The van der Waals surface area contributed by atoms with E-state index < -0.39 is 11.5 Å². The van der Waals surface area contributed by atoms with Crippen LogP contribution in [0, 0.1) is 19.3 Å². The Morgan fingerprint density at radius 2 is 1.79 bits per heavy atom. The fraction of sp³-hybridized carbons (Fsp3) is 0.417. The molecule has 0 heterocycles. The standard InChI is InChI=1S/C24H28O4/c1-4-27-23(26)24(16-19-13-11-17(2)12-14-19)15-7-10-21(24)28-22(25)20-9-6-5-8-18(20)3/h5-6,8-9,11-14,21H,4,7,10,15-16H2,1-3H3. The van der Waals surface area contributed by atoms with Crippen LogP contribution < -0.4 is 0 Å². The van der Waals surface area contributed by atoms with Crippen LogP contribution in [-0.2, 0) is 20.7 Å². The van der Waals surface area contributed by atoms with Gasteiger partial charge in [0.2, 0.25) is 0 Å². The molecule has 28 heavy (non-hydrogen) atoms. The van der Waals surface area contributed by atoms with Crippen molar-refractivity contribution < 1.29 is 19.1 Å². The minimum atomic E-state index is -0.830. The third kappa shape index (κ3) is 4.11. The highest BCUT2D eigenvalue weighted by Gasteiger charge is 2.52. The fourth-order valence-electron chi connectivity index (χ4n) is 4.06. The largest absolute Gasteiger partial charge is 0.465 e. The van der Waals surface area contributed by atoms with Crippen LogP contribution in [-0.4, -0.2) is 24.6 Å². The van der Waals surface area contributed by atoms with Crippen molar-refractivity contribution in [3.05, 3.63) is 70.8 Å². The van der Waals surface area contributed by atoms with Gasteiger partial charge in [-0.25, -0.2) is 4.79 Å². The normalized spacial score (nSPS) is 21.3. The Labute approximate surface area is 166 Å². The third-order valence-corrected chi connectivity index (χ3v) is 5.64. The molecule has 0 aliphatic heterocycles. The van der Waals surface area contributed by atoms with Crippen molar-refractivity contribution in [1.29, 1.82) is 0 Å². The lowest BCUT2D eigenvalue weighted by atomic mass is 9.78. The van der Waals surface area contributed by atoms with Crippen LogP contribution >= 0.6 is 0 Å². The van der Waals surface area contributed by atoms with E-state index in [9.17, 15) is 9.59 Å². The average molecular weight is 380 g/mol. The van der Waals surface area contributed by atoms with Crippen LogP contribution in [0.1, 0.15) is 53.2 Å². The van der Waals surface area contributed by atoms with E-state index in [0.717, 1.165) is 17.5 Å². The van der Waals surface area contributed by atoms with Crippen LogP contribution in [0.4, 0.5) is 0 Å². The zero-order valence-corrected chi connectivity index (χ0v) is 16.9. The van der Waals surface area contributed by atoms with Crippen molar-refractivity contribution in [2.24, 2.45) is 5.41 Å². The lowest BCUT2D eigenvalue weighted by molar-refractivity contribution is -0.161. The highest BCUT2D eigenvalue weighted by molar-refractivity contribution is 5.91. The summed E-state index contributed by atoms with van der Waals surface area (Å²) < 4.78 is 11.4. The molecule has 0 N–H and O–H groups in total. The minimum absolute atomic E-state index is 0.268. The molecule has 1 saturated carbocycles. The van der Waals surface area contributed by atoms with Gasteiger partial charge in [-0.05, 0) is 63.6 Å². The molecule has 1 aliphatic rings. The van der Waals surface area contributed by atoms with E-state index in [1.165, 1.54) is 5.56 Å². The van der Waals surface area contributed by atoms with Crippen molar-refractivity contribution >= 4 is 11.9 Å². The van der Waals surface area contributed by atoms with Gasteiger partial charge in [-0.15, -0.1) is 0 Å². The summed E-state index contributed by atoms with van der Waals surface area (Å²) in [6.45, 7) is 6.04. The quantitative estimate of drug-likeness (QED) is 0.675. The van der Waals surface area contributed by atoms with Crippen molar-refractivity contribution in [2.75, 3.05) is 6.61 Å². The Hall–Kier alpha value is -2.62. The molecule has 0 bridgehead atoms. The van der Waals surface area contributed by atoms with E-state index in [0.29, 0.717) is 31.4 Å². The van der Waals surface area contributed by atoms with Crippen LogP contribution in [0.2, 0.25) is 0 Å². The van der Waals surface area contributed by atoms with Gasteiger partial charge in [0.25, 0.3) is 0 Å². The summed E-state index contributed by atoms with van der Waals surface area (Å²) in [5.41, 5.74) is 2.80. The summed E-state index contributed by atoms with van der Waals surface area (Å²) in [5.74, 6) is -0.641. The zero-order chi connectivity index (χ0) is 20.1. The van der Waals surface area contributed by atoms with Crippen LogP contribution in [0.5, 0.6) is 0 Å². The molecular formula is C24H28O4. The molecule has 0 spiro atoms. The Balaban J connectivity index is 1.89. The van der Waals surface area contributed by atoms with E-state index in [-0.39, 0.29) is 11.9 Å². The predicted molar refractivity (Wildman–Crippen MR) is 108 cm³/mol. The highest BCUT2D eigenvalue weighted by atomic mass is 16.6. The molecule has 1 fully saturated rings. The van der Waals surface area contributed by atoms with Gasteiger partial charge in [0.05, 0.1) is 12.2 Å². The predicted octanol–water partition coefficient (Wildman–Crippen LogP) is 4.80. The molecular weight excluding hydrogens is 352 g/mol. The lowest BCUT2D eigenvalue weighted by Crippen LogP contribution is -2.44. The molecule has 2 atom stereocenters. The fourth-order valence-corrected chi connectivity index (χ4v) is 4.06. The SMILES string of the molecule is CCOC(=O)C1(Cc2ccc(C)cc2)CCCC1OC(=O)c1ccccc1C. The van der Waals surface area contributed by atoms with E-state index >= 15 is 0 Å². The number of aryl methyl sites for hydroxylation is 2. The maximum atomic E-state index is 13.0. The van der Waals surface area contributed by atoms with E-state index in [4.69, 9.17) is 9.47 Å². The number of esters is 2. The molecule has 4 nitrogen and oxygen atoms in total. The second-order valence-electron chi connectivity index (χ2n) is 7.64. The first-order valence-corrected chi connectivity index (χ1v) is 9.95. The van der Waals surface area contributed by atoms with E-state index in [1.807, 2.05) is 56.3 Å². The summed E-state index contributed by atoms with van der Waals surface area (Å²) >= 11 is 0. The van der Waals surface area contributed by atoms with E-state index in [2.05, 4.69) is 0 Å². The summed E-state index contributed by atoms with van der Waals surface area (Å²) in [4.78, 5) is 25.8. The van der Waals surface area contributed by atoms with Gasteiger partial charge >= 0.3 is 11.9 Å². The van der Waals surface area contributed by atoms with Crippen LogP contribution in [0.25, 0.3) is 0 Å². The zero-order valence-electron chi connectivity index (χ0n) is 16.9. The Bertz CT molecular complexity index is 840. The van der Waals surface area contributed by atoms with Gasteiger partial charge in [-0.3, -0.25) is 4.79 Å². The van der Waals surface area contributed by atoms with Gasteiger partial charge in [0.15, 0.2) is 0 Å². The molecule has 3 rings (SSSR count). The molecule has 0 aromatic heterocycles.